The molecule has 0 radical (unpaired) electrons. The zero-order chi connectivity index (χ0) is 13.2. The van der Waals surface area contributed by atoms with Crippen LogP contribution < -0.4 is 5.32 Å². The molecule has 0 unspecified atom stereocenters. The first-order valence-electron chi connectivity index (χ1n) is 5.28. The number of para-hydroxylation sites is 1. The van der Waals surface area contributed by atoms with Crippen LogP contribution in [0.15, 0.2) is 34.9 Å². The fourth-order valence-corrected chi connectivity index (χ4v) is 1.54. The van der Waals surface area contributed by atoms with Crippen LogP contribution in [-0.4, -0.2) is 4.98 Å². The molecule has 2 aromatic rings. The van der Waals surface area contributed by atoms with Gasteiger partial charge in [0, 0.05) is 5.69 Å². The summed E-state index contributed by atoms with van der Waals surface area (Å²) in [5.41, 5.74) is -0.686. The summed E-state index contributed by atoms with van der Waals surface area (Å²) in [7, 11) is 0. The van der Waals surface area contributed by atoms with Gasteiger partial charge in [-0.2, -0.15) is 13.2 Å². The molecular weight excluding hydrogens is 245 g/mol. The maximum absolute atomic E-state index is 12.7. The number of hydrogen-bond acceptors (Lipinski definition) is 3. The van der Waals surface area contributed by atoms with E-state index >= 15 is 0 Å². The number of nitrogens with one attached hydrogen (secondary N) is 1. The van der Waals surface area contributed by atoms with Gasteiger partial charge in [-0.25, -0.2) is 4.98 Å². The van der Waals surface area contributed by atoms with Crippen LogP contribution in [0.2, 0.25) is 0 Å². The minimum atomic E-state index is -4.38. The highest BCUT2D eigenvalue weighted by atomic mass is 19.4. The van der Waals surface area contributed by atoms with Crippen LogP contribution >= 0.6 is 0 Å². The van der Waals surface area contributed by atoms with Crippen LogP contribution in [0.5, 0.6) is 0 Å². The summed E-state index contributed by atoms with van der Waals surface area (Å²) in [6.07, 6.45) is -2.86. The highest BCUT2D eigenvalue weighted by Crippen LogP contribution is 2.34. The molecular formula is C12H11F3N2O. The van der Waals surface area contributed by atoms with E-state index < -0.39 is 11.7 Å². The molecule has 2 rings (SSSR count). The van der Waals surface area contributed by atoms with E-state index in [0.717, 1.165) is 6.07 Å². The third-order valence-corrected chi connectivity index (χ3v) is 2.33. The van der Waals surface area contributed by atoms with Gasteiger partial charge in [-0.3, -0.25) is 0 Å². The SMILES string of the molecule is Cc1cnc(CNc2ccccc2C(F)(F)F)o1. The van der Waals surface area contributed by atoms with Crippen molar-refractivity contribution in [2.45, 2.75) is 19.6 Å². The van der Waals surface area contributed by atoms with Crippen molar-refractivity contribution < 1.29 is 17.6 Å². The van der Waals surface area contributed by atoms with Gasteiger partial charge in [-0.05, 0) is 19.1 Å². The zero-order valence-corrected chi connectivity index (χ0v) is 9.58. The van der Waals surface area contributed by atoms with Crippen LogP contribution in [0.3, 0.4) is 0 Å². The van der Waals surface area contributed by atoms with Gasteiger partial charge in [0.15, 0.2) is 0 Å². The molecule has 0 aliphatic heterocycles. The summed E-state index contributed by atoms with van der Waals surface area (Å²) >= 11 is 0. The lowest BCUT2D eigenvalue weighted by molar-refractivity contribution is -0.137. The van der Waals surface area contributed by atoms with Crippen LogP contribution in [0.1, 0.15) is 17.2 Å². The van der Waals surface area contributed by atoms with Gasteiger partial charge in [-0.1, -0.05) is 12.1 Å². The van der Waals surface area contributed by atoms with E-state index in [9.17, 15) is 13.2 Å². The number of benzene rings is 1. The number of rotatable bonds is 3. The average molecular weight is 256 g/mol. The van der Waals surface area contributed by atoms with E-state index in [1.54, 1.807) is 13.0 Å². The van der Waals surface area contributed by atoms with Crippen molar-refractivity contribution in [1.29, 1.82) is 0 Å². The minimum absolute atomic E-state index is 0.0147. The molecule has 0 aliphatic rings. The van der Waals surface area contributed by atoms with Crippen molar-refractivity contribution in [2.75, 3.05) is 5.32 Å². The van der Waals surface area contributed by atoms with Gasteiger partial charge in [0.05, 0.1) is 18.3 Å². The molecule has 1 aromatic carbocycles. The highest BCUT2D eigenvalue weighted by Gasteiger charge is 2.33. The molecule has 1 N–H and O–H groups in total. The summed E-state index contributed by atoms with van der Waals surface area (Å²) < 4.78 is 43.3. The first-order valence-corrected chi connectivity index (χ1v) is 5.28. The third-order valence-electron chi connectivity index (χ3n) is 2.33. The summed E-state index contributed by atoms with van der Waals surface area (Å²) in [6.45, 7) is 1.83. The number of oxazole rings is 1. The number of alkyl halides is 3. The Labute approximate surface area is 102 Å². The Balaban J connectivity index is 2.14. The Bertz CT molecular complexity index is 534. The smallest absolute Gasteiger partial charge is 0.418 e. The van der Waals surface area contributed by atoms with E-state index in [-0.39, 0.29) is 12.2 Å². The second kappa shape index (κ2) is 4.72. The zero-order valence-electron chi connectivity index (χ0n) is 9.58. The maximum Gasteiger partial charge on any atom is 0.418 e. The summed E-state index contributed by atoms with van der Waals surface area (Å²) in [4.78, 5) is 3.91. The number of aryl methyl sites for hydroxylation is 1. The molecule has 0 saturated carbocycles. The van der Waals surface area contributed by atoms with Gasteiger partial charge in [0.2, 0.25) is 5.89 Å². The van der Waals surface area contributed by atoms with Crippen molar-refractivity contribution in [2.24, 2.45) is 0 Å². The summed E-state index contributed by atoms with van der Waals surface area (Å²) in [5.74, 6) is 0.973. The van der Waals surface area contributed by atoms with E-state index in [0.29, 0.717) is 11.7 Å². The molecule has 0 spiro atoms. The average Bonchev–Trinajstić information content (AvgIpc) is 2.72. The van der Waals surface area contributed by atoms with Gasteiger partial charge in [0.1, 0.15) is 5.76 Å². The fourth-order valence-electron chi connectivity index (χ4n) is 1.54. The van der Waals surface area contributed by atoms with Crippen molar-refractivity contribution in [1.82, 2.24) is 4.98 Å². The predicted octanol–water partition coefficient (Wildman–Crippen LogP) is 3.61. The van der Waals surface area contributed by atoms with Crippen molar-refractivity contribution in [3.8, 4) is 0 Å². The molecule has 0 aliphatic carbocycles. The second-order valence-corrected chi connectivity index (χ2v) is 3.76. The van der Waals surface area contributed by atoms with E-state index in [2.05, 4.69) is 10.3 Å². The lowest BCUT2D eigenvalue weighted by atomic mass is 10.1. The molecule has 0 bridgehead atoms. The van der Waals surface area contributed by atoms with Crippen molar-refractivity contribution in [3.63, 3.8) is 0 Å². The van der Waals surface area contributed by atoms with Crippen LogP contribution in [-0.2, 0) is 12.7 Å². The molecule has 1 heterocycles. The largest absolute Gasteiger partial charge is 0.444 e. The Morgan fingerprint density at radius 1 is 1.28 bits per heavy atom. The van der Waals surface area contributed by atoms with Crippen molar-refractivity contribution in [3.05, 3.63) is 47.7 Å². The number of hydrogen-bond donors (Lipinski definition) is 1. The topological polar surface area (TPSA) is 38.1 Å². The van der Waals surface area contributed by atoms with Crippen LogP contribution in [0.4, 0.5) is 18.9 Å². The Morgan fingerprint density at radius 3 is 2.61 bits per heavy atom. The molecule has 18 heavy (non-hydrogen) atoms. The molecule has 0 atom stereocenters. The highest BCUT2D eigenvalue weighted by molar-refractivity contribution is 5.52. The molecule has 6 heteroatoms. The molecule has 0 saturated heterocycles. The predicted molar refractivity (Wildman–Crippen MR) is 60.0 cm³/mol. The van der Waals surface area contributed by atoms with Crippen molar-refractivity contribution >= 4 is 5.69 Å². The lowest BCUT2D eigenvalue weighted by Gasteiger charge is -2.13. The second-order valence-electron chi connectivity index (χ2n) is 3.76. The third kappa shape index (κ3) is 2.82. The maximum atomic E-state index is 12.7. The standard InChI is InChI=1S/C12H11F3N2O/c1-8-6-17-11(18-8)7-16-10-5-3-2-4-9(10)12(13,14)15/h2-6,16H,7H2,1H3. The van der Waals surface area contributed by atoms with Gasteiger partial charge < -0.3 is 9.73 Å². The van der Waals surface area contributed by atoms with E-state index in [1.807, 2.05) is 0 Å². The first-order chi connectivity index (χ1) is 8.47. The Hall–Kier alpha value is -1.98. The Morgan fingerprint density at radius 2 is 2.00 bits per heavy atom. The molecule has 1 aromatic heterocycles. The minimum Gasteiger partial charge on any atom is -0.444 e. The number of anilines is 1. The van der Waals surface area contributed by atoms with Gasteiger partial charge >= 0.3 is 6.18 Å². The number of nitrogens with zero attached hydrogens (tertiary/aromatic N) is 1. The van der Waals surface area contributed by atoms with Gasteiger partial charge in [-0.15, -0.1) is 0 Å². The summed E-state index contributed by atoms with van der Waals surface area (Å²) in [5, 5.41) is 2.67. The van der Waals surface area contributed by atoms with Crippen LogP contribution in [0, 0.1) is 6.92 Å². The van der Waals surface area contributed by atoms with E-state index in [4.69, 9.17) is 4.42 Å². The van der Waals surface area contributed by atoms with Gasteiger partial charge in [0.25, 0.3) is 0 Å². The number of halogens is 3. The normalized spacial score (nSPS) is 11.6. The first kappa shape index (κ1) is 12.5. The molecule has 0 amide bonds. The lowest BCUT2D eigenvalue weighted by Crippen LogP contribution is -2.10. The molecule has 96 valence electrons. The molecule has 0 fully saturated rings. The monoisotopic (exact) mass is 256 g/mol. The summed E-state index contributed by atoms with van der Waals surface area (Å²) in [6, 6.07) is 5.30. The molecule has 3 nitrogen and oxygen atoms in total. The fraction of sp³-hybridized carbons (Fsp3) is 0.250. The van der Waals surface area contributed by atoms with E-state index in [1.165, 1.54) is 18.3 Å². The number of aromatic nitrogens is 1. The Kier molecular flexibility index (Phi) is 3.27. The van der Waals surface area contributed by atoms with Crippen LogP contribution in [0.25, 0.3) is 0 Å². The quantitative estimate of drug-likeness (QED) is 0.911.